The molecule has 0 saturated carbocycles. The number of nitriles is 1. The van der Waals surface area contributed by atoms with E-state index in [2.05, 4.69) is 22.6 Å². The topological polar surface area (TPSA) is 50.1 Å². The summed E-state index contributed by atoms with van der Waals surface area (Å²) in [6.07, 6.45) is 0. The Kier molecular flexibility index (Phi) is 4.53. The van der Waals surface area contributed by atoms with Crippen LogP contribution in [0.4, 0.5) is 0 Å². The second-order valence-corrected chi connectivity index (χ2v) is 5.00. The van der Waals surface area contributed by atoms with Gasteiger partial charge in [0.15, 0.2) is 12.4 Å². The Morgan fingerprint density at radius 2 is 2.00 bits per heavy atom. The number of benzene rings is 2. The molecule has 3 nitrogen and oxygen atoms in total. The van der Waals surface area contributed by atoms with Crippen molar-refractivity contribution in [1.29, 1.82) is 5.26 Å². The van der Waals surface area contributed by atoms with Crippen LogP contribution in [0.5, 0.6) is 5.75 Å². The fraction of sp³-hybridized carbons (Fsp3) is 0.0667. The van der Waals surface area contributed by atoms with Crippen LogP contribution in [-0.4, -0.2) is 12.4 Å². The number of halogens is 1. The van der Waals surface area contributed by atoms with E-state index < -0.39 is 0 Å². The first-order chi connectivity index (χ1) is 9.20. The first kappa shape index (κ1) is 13.6. The molecule has 0 spiro atoms. The van der Waals surface area contributed by atoms with Crippen LogP contribution in [0.15, 0.2) is 48.5 Å². The maximum Gasteiger partial charge on any atom is 0.200 e. The molecule has 19 heavy (non-hydrogen) atoms. The zero-order valence-corrected chi connectivity index (χ0v) is 12.1. The van der Waals surface area contributed by atoms with Gasteiger partial charge in [-0.2, -0.15) is 5.26 Å². The second-order valence-electron chi connectivity index (χ2n) is 3.83. The summed E-state index contributed by atoms with van der Waals surface area (Å²) in [6, 6.07) is 16.1. The molecule has 0 unspecified atom stereocenters. The van der Waals surface area contributed by atoms with Crippen LogP contribution in [0, 0.1) is 14.9 Å². The number of carbonyl (C=O) groups is 1. The molecular weight excluding hydrogens is 353 g/mol. The molecule has 0 aliphatic rings. The monoisotopic (exact) mass is 363 g/mol. The molecule has 2 rings (SSSR count). The van der Waals surface area contributed by atoms with Gasteiger partial charge in [-0.05, 0) is 46.9 Å². The third-order valence-electron chi connectivity index (χ3n) is 2.51. The van der Waals surface area contributed by atoms with Crippen LogP contribution in [0.1, 0.15) is 15.9 Å². The fourth-order valence-electron chi connectivity index (χ4n) is 1.55. The number of hydrogen-bond donors (Lipinski definition) is 0. The molecule has 4 heteroatoms. The first-order valence-corrected chi connectivity index (χ1v) is 6.69. The van der Waals surface area contributed by atoms with Crippen molar-refractivity contribution in [2.24, 2.45) is 0 Å². The number of ether oxygens (including phenoxy) is 1. The number of ketones is 1. The predicted molar refractivity (Wildman–Crippen MR) is 80.1 cm³/mol. The first-order valence-electron chi connectivity index (χ1n) is 5.61. The number of Topliss-reactive ketones (excluding diaryl/α,β-unsaturated/α-hetero) is 1. The minimum absolute atomic E-state index is 0.0328. The summed E-state index contributed by atoms with van der Waals surface area (Å²) >= 11 is 2.15. The smallest absolute Gasteiger partial charge is 0.200 e. The standard InChI is InChI=1S/C15H10INO2/c16-13-6-1-2-7-15(13)19-10-14(18)12-5-3-4-11(8-12)9-17/h1-8H,10H2. The Bertz CT molecular complexity index is 647. The molecule has 0 aliphatic carbocycles. The van der Waals surface area contributed by atoms with Gasteiger partial charge in [0.2, 0.25) is 0 Å². The van der Waals surface area contributed by atoms with E-state index in [0.717, 1.165) is 3.57 Å². The predicted octanol–water partition coefficient (Wildman–Crippen LogP) is 3.42. The highest BCUT2D eigenvalue weighted by atomic mass is 127. The molecule has 0 fully saturated rings. The van der Waals surface area contributed by atoms with Crippen molar-refractivity contribution < 1.29 is 9.53 Å². The van der Waals surface area contributed by atoms with E-state index in [1.165, 1.54) is 0 Å². The third kappa shape index (κ3) is 3.55. The van der Waals surface area contributed by atoms with E-state index in [0.29, 0.717) is 16.9 Å². The van der Waals surface area contributed by atoms with E-state index >= 15 is 0 Å². The summed E-state index contributed by atoms with van der Waals surface area (Å²) in [4.78, 5) is 12.0. The van der Waals surface area contributed by atoms with Gasteiger partial charge < -0.3 is 4.74 Å². The molecule has 0 heterocycles. The average Bonchev–Trinajstić information content (AvgIpc) is 2.46. The molecular formula is C15H10INO2. The Balaban J connectivity index is 2.06. The van der Waals surface area contributed by atoms with Gasteiger partial charge in [-0.3, -0.25) is 4.79 Å². The lowest BCUT2D eigenvalue weighted by Gasteiger charge is -2.07. The summed E-state index contributed by atoms with van der Waals surface area (Å²) in [5.74, 6) is 0.546. The molecule has 0 saturated heterocycles. The van der Waals surface area contributed by atoms with E-state index in [-0.39, 0.29) is 12.4 Å². The minimum atomic E-state index is -0.142. The average molecular weight is 363 g/mol. The van der Waals surface area contributed by atoms with E-state index in [1.807, 2.05) is 30.3 Å². The highest BCUT2D eigenvalue weighted by Crippen LogP contribution is 2.19. The molecule has 0 aromatic heterocycles. The van der Waals surface area contributed by atoms with Crippen LogP contribution >= 0.6 is 22.6 Å². The Morgan fingerprint density at radius 3 is 2.74 bits per heavy atom. The van der Waals surface area contributed by atoms with Crippen molar-refractivity contribution >= 4 is 28.4 Å². The number of nitrogens with zero attached hydrogens (tertiary/aromatic N) is 1. The van der Waals surface area contributed by atoms with Gasteiger partial charge in [0.1, 0.15) is 5.75 Å². The van der Waals surface area contributed by atoms with E-state index in [9.17, 15) is 4.79 Å². The van der Waals surface area contributed by atoms with Gasteiger partial charge in [0.25, 0.3) is 0 Å². The van der Waals surface area contributed by atoms with Crippen LogP contribution in [0.3, 0.4) is 0 Å². The molecule has 2 aromatic rings. The number of hydrogen-bond acceptors (Lipinski definition) is 3. The summed E-state index contributed by atoms with van der Waals surface area (Å²) in [5.41, 5.74) is 0.963. The summed E-state index contributed by atoms with van der Waals surface area (Å²) in [5, 5.41) is 8.79. The van der Waals surface area contributed by atoms with Crippen molar-refractivity contribution in [3.05, 3.63) is 63.2 Å². The maximum absolute atomic E-state index is 12.0. The van der Waals surface area contributed by atoms with Crippen molar-refractivity contribution in [3.63, 3.8) is 0 Å². The van der Waals surface area contributed by atoms with E-state index in [4.69, 9.17) is 10.00 Å². The molecule has 0 radical (unpaired) electrons. The number of para-hydroxylation sites is 1. The normalized spacial score (nSPS) is 9.68. The molecule has 94 valence electrons. The Labute approximate surface area is 125 Å². The molecule has 0 N–H and O–H groups in total. The van der Waals surface area contributed by atoms with Crippen molar-refractivity contribution in [2.75, 3.05) is 6.61 Å². The lowest BCUT2D eigenvalue weighted by Crippen LogP contribution is -2.12. The van der Waals surface area contributed by atoms with Crippen LogP contribution in [-0.2, 0) is 0 Å². The van der Waals surface area contributed by atoms with Gasteiger partial charge >= 0.3 is 0 Å². The largest absolute Gasteiger partial charge is 0.484 e. The SMILES string of the molecule is N#Cc1cccc(C(=O)COc2ccccc2I)c1. The minimum Gasteiger partial charge on any atom is -0.484 e. The summed E-state index contributed by atoms with van der Waals surface area (Å²) < 4.78 is 6.44. The van der Waals surface area contributed by atoms with Gasteiger partial charge in [-0.15, -0.1) is 0 Å². The Hall–Kier alpha value is -1.87. The highest BCUT2D eigenvalue weighted by Gasteiger charge is 2.08. The van der Waals surface area contributed by atoms with Crippen LogP contribution < -0.4 is 4.74 Å². The fourth-order valence-corrected chi connectivity index (χ4v) is 2.09. The molecule has 0 atom stereocenters. The molecule has 0 bridgehead atoms. The zero-order valence-electron chi connectivity index (χ0n) is 9.97. The molecule has 0 aliphatic heterocycles. The van der Waals surface area contributed by atoms with Crippen LogP contribution in [0.25, 0.3) is 0 Å². The number of rotatable bonds is 4. The highest BCUT2D eigenvalue weighted by molar-refractivity contribution is 14.1. The van der Waals surface area contributed by atoms with Gasteiger partial charge in [-0.1, -0.05) is 24.3 Å². The number of carbonyl (C=O) groups excluding carboxylic acids is 1. The Morgan fingerprint density at radius 1 is 1.21 bits per heavy atom. The quantitative estimate of drug-likeness (QED) is 0.618. The summed E-state index contributed by atoms with van der Waals surface area (Å²) in [7, 11) is 0. The van der Waals surface area contributed by atoms with Gasteiger partial charge in [-0.25, -0.2) is 0 Å². The lowest BCUT2D eigenvalue weighted by molar-refractivity contribution is 0.0921. The van der Waals surface area contributed by atoms with E-state index in [1.54, 1.807) is 24.3 Å². The van der Waals surface area contributed by atoms with Gasteiger partial charge in [0.05, 0.1) is 15.2 Å². The van der Waals surface area contributed by atoms with Crippen molar-refractivity contribution in [1.82, 2.24) is 0 Å². The van der Waals surface area contributed by atoms with Crippen molar-refractivity contribution in [2.45, 2.75) is 0 Å². The van der Waals surface area contributed by atoms with Crippen LogP contribution in [0.2, 0.25) is 0 Å². The zero-order chi connectivity index (χ0) is 13.7. The van der Waals surface area contributed by atoms with Gasteiger partial charge in [0, 0.05) is 5.56 Å². The molecule has 2 aromatic carbocycles. The van der Waals surface area contributed by atoms with Crippen molar-refractivity contribution in [3.8, 4) is 11.8 Å². The summed E-state index contributed by atoms with van der Waals surface area (Å²) in [6.45, 7) is -0.0328. The third-order valence-corrected chi connectivity index (χ3v) is 3.40. The molecule has 0 amide bonds. The lowest BCUT2D eigenvalue weighted by atomic mass is 10.1. The second kappa shape index (κ2) is 6.34. The maximum atomic E-state index is 12.0.